The molecule has 0 radical (unpaired) electrons. The van der Waals surface area contributed by atoms with Gasteiger partial charge in [0.05, 0.1) is 10.5 Å². The number of likely N-dealkylation sites (tertiary alicyclic amines) is 1. The van der Waals surface area contributed by atoms with Gasteiger partial charge in [0.25, 0.3) is 11.6 Å². The van der Waals surface area contributed by atoms with Crippen LogP contribution in [-0.2, 0) is 0 Å². The van der Waals surface area contributed by atoms with Crippen LogP contribution in [0.3, 0.4) is 0 Å². The van der Waals surface area contributed by atoms with Gasteiger partial charge in [-0.25, -0.2) is 0 Å². The highest BCUT2D eigenvalue weighted by molar-refractivity contribution is 6.01. The zero-order chi connectivity index (χ0) is 15.4. The Bertz CT molecular complexity index is 539. The summed E-state index contributed by atoms with van der Waals surface area (Å²) in [6.07, 6.45) is 1.51. The van der Waals surface area contributed by atoms with Crippen molar-refractivity contribution in [1.29, 1.82) is 0 Å². The van der Waals surface area contributed by atoms with Gasteiger partial charge in [0, 0.05) is 32.8 Å². The molecule has 21 heavy (non-hydrogen) atoms. The van der Waals surface area contributed by atoms with Gasteiger partial charge in [-0.05, 0) is 24.8 Å². The fourth-order valence-corrected chi connectivity index (χ4v) is 2.62. The zero-order valence-electron chi connectivity index (χ0n) is 11.9. The maximum Gasteiger partial charge on any atom is 0.293 e. The summed E-state index contributed by atoms with van der Waals surface area (Å²) >= 11 is 0. The molecule has 1 heterocycles. The molecule has 2 N–H and O–H groups in total. The standard InChI is InChI=1S/C14H19N3O4/c1-15-13-11(3-2-4-12(13)17(20)21)14(19)16-7-5-10(9-18)6-8-16/h2-4,10,15,18H,5-9H2,1H3. The number of aliphatic hydroxyl groups is 1. The third kappa shape index (κ3) is 3.13. The lowest BCUT2D eigenvalue weighted by atomic mass is 9.97. The summed E-state index contributed by atoms with van der Waals surface area (Å²) < 4.78 is 0. The first-order valence-corrected chi connectivity index (χ1v) is 6.93. The molecule has 1 saturated heterocycles. The van der Waals surface area contributed by atoms with Gasteiger partial charge in [-0.3, -0.25) is 14.9 Å². The van der Waals surface area contributed by atoms with Gasteiger partial charge >= 0.3 is 0 Å². The van der Waals surface area contributed by atoms with E-state index in [1.165, 1.54) is 12.1 Å². The lowest BCUT2D eigenvalue weighted by Gasteiger charge is -2.31. The van der Waals surface area contributed by atoms with Crippen molar-refractivity contribution < 1.29 is 14.8 Å². The summed E-state index contributed by atoms with van der Waals surface area (Å²) in [5, 5.41) is 22.9. The number of rotatable bonds is 4. The monoisotopic (exact) mass is 293 g/mol. The predicted molar refractivity (Wildman–Crippen MR) is 78.4 cm³/mol. The van der Waals surface area contributed by atoms with Crippen molar-refractivity contribution in [2.45, 2.75) is 12.8 Å². The number of nitro benzene ring substituents is 1. The Labute approximate surface area is 122 Å². The summed E-state index contributed by atoms with van der Waals surface area (Å²) in [4.78, 5) is 24.8. The second-order valence-electron chi connectivity index (χ2n) is 5.12. The minimum atomic E-state index is -0.499. The molecular formula is C14H19N3O4. The van der Waals surface area contributed by atoms with Gasteiger partial charge in [0.2, 0.25) is 0 Å². The third-order valence-corrected chi connectivity index (χ3v) is 3.88. The van der Waals surface area contributed by atoms with Crippen molar-refractivity contribution in [3.05, 3.63) is 33.9 Å². The van der Waals surface area contributed by atoms with Crippen LogP contribution < -0.4 is 5.32 Å². The smallest absolute Gasteiger partial charge is 0.293 e. The van der Waals surface area contributed by atoms with Gasteiger partial charge in [-0.15, -0.1) is 0 Å². The largest absolute Gasteiger partial charge is 0.396 e. The van der Waals surface area contributed by atoms with E-state index in [2.05, 4.69) is 5.32 Å². The number of nitro groups is 1. The molecule has 1 aromatic carbocycles. The summed E-state index contributed by atoms with van der Waals surface area (Å²) in [7, 11) is 1.57. The van der Waals surface area contributed by atoms with Crippen molar-refractivity contribution in [2.75, 3.05) is 32.1 Å². The minimum Gasteiger partial charge on any atom is -0.396 e. The summed E-state index contributed by atoms with van der Waals surface area (Å²) in [6, 6.07) is 4.49. The average molecular weight is 293 g/mol. The molecule has 0 atom stereocenters. The third-order valence-electron chi connectivity index (χ3n) is 3.88. The topological polar surface area (TPSA) is 95.7 Å². The Hall–Kier alpha value is -2.15. The van der Waals surface area contributed by atoms with Crippen LogP contribution in [0.15, 0.2) is 18.2 Å². The Morgan fingerprint density at radius 1 is 1.48 bits per heavy atom. The van der Waals surface area contributed by atoms with E-state index in [1.807, 2.05) is 0 Å². The zero-order valence-corrected chi connectivity index (χ0v) is 11.9. The SMILES string of the molecule is CNc1c(C(=O)N2CCC(CO)CC2)cccc1[N+](=O)[O-]. The summed E-state index contributed by atoms with van der Waals surface area (Å²) in [5.41, 5.74) is 0.458. The molecule has 1 amide bonds. The summed E-state index contributed by atoms with van der Waals surface area (Å²) in [5.74, 6) is 0.0300. The molecule has 0 spiro atoms. The lowest BCUT2D eigenvalue weighted by molar-refractivity contribution is -0.384. The van der Waals surface area contributed by atoms with Gasteiger partial charge in [0.1, 0.15) is 5.69 Å². The van der Waals surface area contributed by atoms with Gasteiger partial charge in [-0.1, -0.05) is 6.07 Å². The average Bonchev–Trinajstić information content (AvgIpc) is 2.53. The predicted octanol–water partition coefficient (Wildman–Crippen LogP) is 1.48. The van der Waals surface area contributed by atoms with Crippen LogP contribution in [0.2, 0.25) is 0 Å². The summed E-state index contributed by atoms with van der Waals surface area (Å²) in [6.45, 7) is 1.27. The fourth-order valence-electron chi connectivity index (χ4n) is 2.62. The highest BCUT2D eigenvalue weighted by atomic mass is 16.6. The van der Waals surface area contributed by atoms with Crippen LogP contribution in [0.5, 0.6) is 0 Å². The molecular weight excluding hydrogens is 274 g/mol. The Kier molecular flexibility index (Phi) is 4.74. The van der Waals surface area contributed by atoms with Crippen LogP contribution >= 0.6 is 0 Å². The Morgan fingerprint density at radius 3 is 2.67 bits per heavy atom. The van der Waals surface area contributed by atoms with Crippen LogP contribution in [0.25, 0.3) is 0 Å². The quantitative estimate of drug-likeness (QED) is 0.647. The van der Waals surface area contributed by atoms with E-state index in [4.69, 9.17) is 5.11 Å². The van der Waals surface area contributed by atoms with Gasteiger partial charge in [0.15, 0.2) is 0 Å². The highest BCUT2D eigenvalue weighted by Crippen LogP contribution is 2.29. The Morgan fingerprint density at radius 2 is 2.14 bits per heavy atom. The lowest BCUT2D eigenvalue weighted by Crippen LogP contribution is -2.39. The number of nitrogens with zero attached hydrogens (tertiary/aromatic N) is 2. The second kappa shape index (κ2) is 6.53. The number of nitrogens with one attached hydrogen (secondary N) is 1. The van der Waals surface area contributed by atoms with Crippen molar-refractivity contribution in [2.24, 2.45) is 5.92 Å². The molecule has 1 aliphatic rings. The number of hydrogen-bond donors (Lipinski definition) is 2. The first kappa shape index (κ1) is 15.2. The Balaban J connectivity index is 2.24. The number of piperidine rings is 1. The van der Waals surface area contributed by atoms with Crippen molar-refractivity contribution in [1.82, 2.24) is 4.90 Å². The van der Waals surface area contributed by atoms with E-state index < -0.39 is 4.92 Å². The first-order chi connectivity index (χ1) is 10.1. The van der Waals surface area contributed by atoms with E-state index in [1.54, 1.807) is 18.0 Å². The number of carbonyl (C=O) groups is 1. The van der Waals surface area contributed by atoms with Crippen LogP contribution in [-0.4, -0.2) is 47.6 Å². The number of para-hydroxylation sites is 1. The molecule has 0 saturated carbocycles. The molecule has 7 nitrogen and oxygen atoms in total. The molecule has 7 heteroatoms. The van der Waals surface area contributed by atoms with E-state index in [-0.39, 0.29) is 29.8 Å². The number of anilines is 1. The number of carbonyl (C=O) groups excluding carboxylic acids is 1. The van der Waals surface area contributed by atoms with Crippen molar-refractivity contribution >= 4 is 17.3 Å². The first-order valence-electron chi connectivity index (χ1n) is 6.93. The minimum absolute atomic E-state index is 0.103. The molecule has 1 aromatic rings. The van der Waals surface area contributed by atoms with Crippen molar-refractivity contribution in [3.8, 4) is 0 Å². The maximum absolute atomic E-state index is 12.6. The molecule has 1 fully saturated rings. The van der Waals surface area contributed by atoms with Crippen LogP contribution in [0.4, 0.5) is 11.4 Å². The normalized spacial score (nSPS) is 15.8. The van der Waals surface area contributed by atoms with E-state index in [0.717, 1.165) is 12.8 Å². The van der Waals surface area contributed by atoms with Crippen LogP contribution in [0.1, 0.15) is 23.2 Å². The second-order valence-corrected chi connectivity index (χ2v) is 5.12. The van der Waals surface area contributed by atoms with Crippen LogP contribution in [0, 0.1) is 16.0 Å². The van der Waals surface area contributed by atoms with Gasteiger partial charge < -0.3 is 15.3 Å². The fraction of sp³-hybridized carbons (Fsp3) is 0.500. The van der Waals surface area contributed by atoms with Crippen molar-refractivity contribution in [3.63, 3.8) is 0 Å². The van der Waals surface area contributed by atoms with Gasteiger partial charge in [-0.2, -0.15) is 0 Å². The molecule has 0 bridgehead atoms. The number of amides is 1. The number of hydrogen-bond acceptors (Lipinski definition) is 5. The highest BCUT2D eigenvalue weighted by Gasteiger charge is 2.27. The van der Waals surface area contributed by atoms with E-state index in [9.17, 15) is 14.9 Å². The molecule has 0 aliphatic carbocycles. The molecule has 114 valence electrons. The molecule has 2 rings (SSSR count). The van der Waals surface area contributed by atoms with E-state index in [0.29, 0.717) is 18.7 Å². The van der Waals surface area contributed by atoms with E-state index >= 15 is 0 Å². The maximum atomic E-state index is 12.6. The molecule has 1 aliphatic heterocycles. The number of aliphatic hydroxyl groups excluding tert-OH is 1. The number of benzene rings is 1. The molecule has 0 unspecified atom stereocenters. The molecule has 0 aromatic heterocycles.